The summed E-state index contributed by atoms with van der Waals surface area (Å²) >= 11 is 0. The van der Waals surface area contributed by atoms with Crippen LogP contribution in [0.2, 0.25) is 0 Å². The van der Waals surface area contributed by atoms with E-state index in [1.807, 2.05) is 36.4 Å². The van der Waals surface area contributed by atoms with Crippen molar-refractivity contribution in [1.82, 2.24) is 15.0 Å². The number of rotatable bonds is 5. The lowest BCUT2D eigenvalue weighted by atomic mass is 9.72. The smallest absolute Gasteiger partial charge is 0.164 e. The van der Waals surface area contributed by atoms with Gasteiger partial charge in [0.1, 0.15) is 0 Å². The van der Waals surface area contributed by atoms with Crippen molar-refractivity contribution in [2.45, 2.75) is 37.5 Å². The molecule has 0 fully saturated rings. The standard InChI is InChI=1S/C43H35N3/c1-3-12-28(13-4-1)41-44-42(29-14-5-2-6-15-29)46-43(45-41)33-19-10-17-31(27-33)30-16-9-18-32(26-30)34-24-25-39-36-21-8-7-20-35(36)38-23-11-22-37(34)40(38)39/h1-16,19-22,24-25,27,30-32,38H,17-18,23,26H2. The number of hydrogen-bond acceptors (Lipinski definition) is 3. The fourth-order valence-corrected chi connectivity index (χ4v) is 8.16. The quantitative estimate of drug-likeness (QED) is 0.190. The highest BCUT2D eigenvalue weighted by Gasteiger charge is 2.34. The van der Waals surface area contributed by atoms with E-state index in [9.17, 15) is 0 Å². The van der Waals surface area contributed by atoms with Crippen LogP contribution in [-0.4, -0.2) is 15.0 Å². The predicted molar refractivity (Wildman–Crippen MR) is 188 cm³/mol. The van der Waals surface area contributed by atoms with Crippen molar-refractivity contribution in [3.8, 4) is 33.9 Å². The van der Waals surface area contributed by atoms with Crippen LogP contribution in [0.15, 0.2) is 134 Å². The molecule has 4 aliphatic carbocycles. The first-order valence-corrected chi connectivity index (χ1v) is 16.6. The molecule has 0 radical (unpaired) electrons. The van der Waals surface area contributed by atoms with Crippen LogP contribution in [0, 0.1) is 11.8 Å². The summed E-state index contributed by atoms with van der Waals surface area (Å²) in [4.78, 5) is 14.9. The van der Waals surface area contributed by atoms with E-state index in [1.165, 1.54) is 27.8 Å². The fraction of sp³-hybridized carbons (Fsp3) is 0.186. The van der Waals surface area contributed by atoms with Gasteiger partial charge in [0.05, 0.1) is 0 Å². The Morgan fingerprint density at radius 3 is 2.00 bits per heavy atom. The molecule has 0 spiro atoms. The molecule has 0 amide bonds. The molecule has 0 saturated heterocycles. The first kappa shape index (κ1) is 27.2. The van der Waals surface area contributed by atoms with Crippen molar-refractivity contribution < 1.29 is 0 Å². The minimum Gasteiger partial charge on any atom is -0.208 e. The van der Waals surface area contributed by atoms with E-state index < -0.39 is 0 Å². The van der Waals surface area contributed by atoms with Gasteiger partial charge in [0.15, 0.2) is 17.5 Å². The fourth-order valence-electron chi connectivity index (χ4n) is 8.16. The van der Waals surface area contributed by atoms with Crippen LogP contribution in [0.1, 0.15) is 65.6 Å². The lowest BCUT2D eigenvalue weighted by molar-refractivity contribution is 0.392. The van der Waals surface area contributed by atoms with Crippen molar-refractivity contribution >= 4 is 11.6 Å². The van der Waals surface area contributed by atoms with Crippen molar-refractivity contribution in [3.63, 3.8) is 0 Å². The molecule has 0 bridgehead atoms. The highest BCUT2D eigenvalue weighted by molar-refractivity contribution is 5.85. The van der Waals surface area contributed by atoms with Crippen molar-refractivity contribution in [2.24, 2.45) is 11.8 Å². The molecular weight excluding hydrogens is 558 g/mol. The topological polar surface area (TPSA) is 38.7 Å². The van der Waals surface area contributed by atoms with E-state index in [0.29, 0.717) is 35.3 Å². The van der Waals surface area contributed by atoms with Crippen LogP contribution < -0.4 is 0 Å². The van der Waals surface area contributed by atoms with Crippen LogP contribution in [-0.2, 0) is 0 Å². The molecule has 1 heterocycles. The van der Waals surface area contributed by atoms with E-state index in [4.69, 9.17) is 15.0 Å². The summed E-state index contributed by atoms with van der Waals surface area (Å²) in [6.45, 7) is 0. The molecule has 5 aromatic rings. The molecular formula is C43H35N3. The Kier molecular flexibility index (Phi) is 6.70. The normalized spacial score (nSPS) is 22.3. The summed E-state index contributed by atoms with van der Waals surface area (Å²) in [5.41, 5.74) is 12.0. The van der Waals surface area contributed by atoms with Gasteiger partial charge in [0, 0.05) is 22.6 Å². The van der Waals surface area contributed by atoms with E-state index in [-0.39, 0.29) is 0 Å². The number of nitrogens with zero attached hydrogens (tertiary/aromatic N) is 3. The maximum absolute atomic E-state index is 5.01. The molecule has 4 unspecified atom stereocenters. The summed E-state index contributed by atoms with van der Waals surface area (Å²) in [6, 6.07) is 34.3. The molecule has 9 rings (SSSR count). The molecule has 0 aliphatic heterocycles. The zero-order valence-electron chi connectivity index (χ0n) is 25.8. The Labute approximate surface area is 270 Å². The largest absolute Gasteiger partial charge is 0.208 e. The molecule has 0 saturated carbocycles. The second kappa shape index (κ2) is 11.3. The first-order chi connectivity index (χ1) is 22.8. The summed E-state index contributed by atoms with van der Waals surface area (Å²) in [5.74, 6) is 4.02. The zero-order valence-corrected chi connectivity index (χ0v) is 25.8. The third kappa shape index (κ3) is 4.70. The molecule has 4 aromatic carbocycles. The summed E-state index contributed by atoms with van der Waals surface area (Å²) in [5, 5.41) is 0. The van der Waals surface area contributed by atoms with Crippen molar-refractivity contribution in [1.29, 1.82) is 0 Å². The van der Waals surface area contributed by atoms with Gasteiger partial charge in [-0.1, -0.05) is 140 Å². The van der Waals surface area contributed by atoms with Crippen LogP contribution >= 0.6 is 0 Å². The third-order valence-electron chi connectivity index (χ3n) is 10.4. The summed E-state index contributed by atoms with van der Waals surface area (Å²) in [6.07, 6.45) is 21.1. The molecule has 46 heavy (non-hydrogen) atoms. The van der Waals surface area contributed by atoms with Gasteiger partial charge in [-0.3, -0.25) is 0 Å². The Morgan fingerprint density at radius 2 is 1.22 bits per heavy atom. The molecule has 222 valence electrons. The molecule has 3 heteroatoms. The Hall–Kier alpha value is -5.15. The van der Waals surface area contributed by atoms with Gasteiger partial charge < -0.3 is 0 Å². The number of fused-ring (bicyclic) bond motifs is 3. The monoisotopic (exact) mass is 593 g/mol. The van der Waals surface area contributed by atoms with Crippen LogP contribution in [0.25, 0.3) is 45.6 Å². The summed E-state index contributed by atoms with van der Waals surface area (Å²) < 4.78 is 0. The lowest BCUT2D eigenvalue weighted by Crippen LogP contribution is -2.20. The van der Waals surface area contributed by atoms with E-state index in [2.05, 4.69) is 103 Å². The van der Waals surface area contributed by atoms with Gasteiger partial charge in [0.2, 0.25) is 0 Å². The van der Waals surface area contributed by atoms with Gasteiger partial charge in [0.25, 0.3) is 0 Å². The Balaban J connectivity index is 1.04. The van der Waals surface area contributed by atoms with Crippen LogP contribution in [0.5, 0.6) is 0 Å². The molecule has 4 atom stereocenters. The molecule has 0 N–H and O–H groups in total. The SMILES string of the molecule is C1=CC(C2C=C(c3nc(-c4ccccc4)nc(-c4ccccc4)n3)C=CC2)CC(c2ccc3c4c2C=CCC4c2ccccc2-3)C1. The predicted octanol–water partition coefficient (Wildman–Crippen LogP) is 10.4. The van der Waals surface area contributed by atoms with Crippen molar-refractivity contribution in [3.05, 3.63) is 162 Å². The summed E-state index contributed by atoms with van der Waals surface area (Å²) in [7, 11) is 0. The Bertz CT molecular complexity index is 2010. The second-order valence-corrected chi connectivity index (χ2v) is 13.0. The Morgan fingerprint density at radius 1 is 0.522 bits per heavy atom. The third-order valence-corrected chi connectivity index (χ3v) is 10.4. The van der Waals surface area contributed by atoms with Crippen LogP contribution in [0.4, 0.5) is 0 Å². The van der Waals surface area contributed by atoms with E-state index >= 15 is 0 Å². The van der Waals surface area contributed by atoms with Gasteiger partial charge in [-0.05, 0) is 76.8 Å². The van der Waals surface area contributed by atoms with Gasteiger partial charge >= 0.3 is 0 Å². The number of allylic oxidation sites excluding steroid dienone is 7. The van der Waals surface area contributed by atoms with E-state index in [0.717, 1.165) is 48.2 Å². The van der Waals surface area contributed by atoms with Crippen molar-refractivity contribution in [2.75, 3.05) is 0 Å². The lowest BCUT2D eigenvalue weighted by Gasteiger charge is -2.32. The average molecular weight is 594 g/mol. The number of aromatic nitrogens is 3. The van der Waals surface area contributed by atoms with Crippen LogP contribution in [0.3, 0.4) is 0 Å². The molecule has 3 nitrogen and oxygen atoms in total. The number of benzene rings is 4. The van der Waals surface area contributed by atoms with E-state index in [1.54, 1.807) is 5.56 Å². The maximum Gasteiger partial charge on any atom is 0.164 e. The average Bonchev–Trinajstić information content (AvgIpc) is 3.47. The van der Waals surface area contributed by atoms with Gasteiger partial charge in [-0.15, -0.1) is 0 Å². The van der Waals surface area contributed by atoms with Gasteiger partial charge in [-0.25, -0.2) is 15.0 Å². The van der Waals surface area contributed by atoms with Gasteiger partial charge in [-0.2, -0.15) is 0 Å². The molecule has 1 aromatic heterocycles. The maximum atomic E-state index is 5.01. The highest BCUT2D eigenvalue weighted by atomic mass is 15.0. The first-order valence-electron chi connectivity index (χ1n) is 16.6. The minimum atomic E-state index is 0.398. The molecule has 4 aliphatic rings. The second-order valence-electron chi connectivity index (χ2n) is 13.0. The zero-order chi connectivity index (χ0) is 30.5. The highest BCUT2D eigenvalue weighted by Crippen LogP contribution is 2.52. The number of hydrogen-bond donors (Lipinski definition) is 0. The minimum absolute atomic E-state index is 0.398.